The first-order valence-electron chi connectivity index (χ1n) is 6.37. The summed E-state index contributed by atoms with van der Waals surface area (Å²) in [6, 6.07) is 0.676. The van der Waals surface area contributed by atoms with E-state index in [9.17, 15) is 0 Å². The van der Waals surface area contributed by atoms with E-state index < -0.39 is 0 Å². The highest BCUT2D eigenvalue weighted by atomic mass is 15.3. The monoisotopic (exact) mass is 222 g/mol. The Morgan fingerprint density at radius 3 is 2.94 bits per heavy atom. The summed E-state index contributed by atoms with van der Waals surface area (Å²) in [6.07, 6.45) is 8.09. The van der Waals surface area contributed by atoms with E-state index in [1.807, 2.05) is 11.7 Å². The Bertz CT molecular complexity index is 319. The van der Waals surface area contributed by atoms with Crippen LogP contribution in [0.25, 0.3) is 0 Å². The molecule has 0 saturated heterocycles. The highest BCUT2D eigenvalue weighted by Gasteiger charge is 2.25. The van der Waals surface area contributed by atoms with Gasteiger partial charge < -0.3 is 5.32 Å². The molecule has 0 radical (unpaired) electrons. The molecule has 1 aliphatic rings. The van der Waals surface area contributed by atoms with E-state index in [4.69, 9.17) is 0 Å². The zero-order valence-electron chi connectivity index (χ0n) is 10.3. The van der Waals surface area contributed by atoms with Gasteiger partial charge in [0.15, 0.2) is 0 Å². The third kappa shape index (κ3) is 2.61. The van der Waals surface area contributed by atoms with Crippen molar-refractivity contribution in [2.24, 2.45) is 13.0 Å². The molecular weight excluding hydrogens is 200 g/mol. The van der Waals surface area contributed by atoms with Crippen molar-refractivity contribution in [1.29, 1.82) is 0 Å². The van der Waals surface area contributed by atoms with Crippen molar-refractivity contribution in [3.05, 3.63) is 12.2 Å². The lowest BCUT2D eigenvalue weighted by atomic mass is 9.82. The summed E-state index contributed by atoms with van der Waals surface area (Å²) in [5, 5.41) is 7.75. The van der Waals surface area contributed by atoms with Crippen LogP contribution in [-0.4, -0.2) is 27.4 Å². The SMILES string of the molecule is CCNC1CCCCC1Cc1ncnn1C. The lowest BCUT2D eigenvalue weighted by Gasteiger charge is -2.31. The van der Waals surface area contributed by atoms with Crippen LogP contribution in [0.2, 0.25) is 0 Å². The van der Waals surface area contributed by atoms with Crippen LogP contribution < -0.4 is 5.32 Å². The zero-order valence-corrected chi connectivity index (χ0v) is 10.3. The fourth-order valence-electron chi connectivity index (χ4n) is 2.72. The Kier molecular flexibility index (Phi) is 3.93. The predicted molar refractivity (Wildman–Crippen MR) is 64.1 cm³/mol. The van der Waals surface area contributed by atoms with Gasteiger partial charge in [-0.1, -0.05) is 19.8 Å². The molecule has 0 aromatic carbocycles. The molecule has 1 aromatic heterocycles. The number of aromatic nitrogens is 3. The highest BCUT2D eigenvalue weighted by Crippen LogP contribution is 2.26. The van der Waals surface area contributed by atoms with E-state index in [-0.39, 0.29) is 0 Å². The average molecular weight is 222 g/mol. The molecule has 2 atom stereocenters. The van der Waals surface area contributed by atoms with Crippen LogP contribution in [0.1, 0.15) is 38.4 Å². The number of nitrogens with one attached hydrogen (secondary N) is 1. The van der Waals surface area contributed by atoms with Gasteiger partial charge in [-0.05, 0) is 25.3 Å². The molecule has 0 bridgehead atoms. The molecule has 90 valence electrons. The lowest BCUT2D eigenvalue weighted by Crippen LogP contribution is -2.39. The molecule has 0 amide bonds. The molecule has 2 rings (SSSR count). The number of aryl methyl sites for hydroxylation is 1. The van der Waals surface area contributed by atoms with Crippen LogP contribution in [0.4, 0.5) is 0 Å². The van der Waals surface area contributed by atoms with E-state index in [0.29, 0.717) is 6.04 Å². The molecular formula is C12H22N4. The summed E-state index contributed by atoms with van der Waals surface area (Å²) in [4.78, 5) is 4.33. The second-order valence-electron chi connectivity index (χ2n) is 4.71. The van der Waals surface area contributed by atoms with Crippen molar-refractivity contribution in [3.63, 3.8) is 0 Å². The molecule has 16 heavy (non-hydrogen) atoms. The van der Waals surface area contributed by atoms with E-state index in [1.54, 1.807) is 6.33 Å². The number of hydrogen-bond donors (Lipinski definition) is 1. The first kappa shape index (κ1) is 11.6. The highest BCUT2D eigenvalue weighted by molar-refractivity contribution is 4.91. The minimum atomic E-state index is 0.676. The van der Waals surface area contributed by atoms with Crippen molar-refractivity contribution in [2.45, 2.75) is 45.1 Å². The molecule has 0 aliphatic heterocycles. The topological polar surface area (TPSA) is 42.7 Å². The first-order chi connectivity index (χ1) is 7.81. The molecule has 4 heteroatoms. The second kappa shape index (κ2) is 5.43. The van der Waals surface area contributed by atoms with Crippen LogP contribution in [0.3, 0.4) is 0 Å². The molecule has 0 spiro atoms. The molecule has 1 fully saturated rings. The molecule has 1 heterocycles. The van der Waals surface area contributed by atoms with Gasteiger partial charge in [0.25, 0.3) is 0 Å². The van der Waals surface area contributed by atoms with Gasteiger partial charge in [-0.25, -0.2) is 4.98 Å². The normalized spacial score (nSPS) is 25.9. The largest absolute Gasteiger partial charge is 0.314 e. The van der Waals surface area contributed by atoms with Gasteiger partial charge in [-0.2, -0.15) is 5.10 Å². The molecule has 2 unspecified atom stereocenters. The lowest BCUT2D eigenvalue weighted by molar-refractivity contribution is 0.259. The fraction of sp³-hybridized carbons (Fsp3) is 0.833. The summed E-state index contributed by atoms with van der Waals surface area (Å²) in [5.41, 5.74) is 0. The quantitative estimate of drug-likeness (QED) is 0.840. The van der Waals surface area contributed by atoms with Gasteiger partial charge in [-0.15, -0.1) is 0 Å². The summed E-state index contributed by atoms with van der Waals surface area (Å²) in [7, 11) is 1.98. The minimum Gasteiger partial charge on any atom is -0.314 e. The summed E-state index contributed by atoms with van der Waals surface area (Å²) in [5.74, 6) is 1.85. The maximum absolute atomic E-state index is 4.33. The smallest absolute Gasteiger partial charge is 0.138 e. The van der Waals surface area contributed by atoms with E-state index >= 15 is 0 Å². The fourth-order valence-corrected chi connectivity index (χ4v) is 2.72. The van der Waals surface area contributed by atoms with Crippen LogP contribution in [0, 0.1) is 5.92 Å². The Morgan fingerprint density at radius 2 is 2.25 bits per heavy atom. The Balaban J connectivity index is 1.98. The number of hydrogen-bond acceptors (Lipinski definition) is 3. The van der Waals surface area contributed by atoms with Crippen LogP contribution >= 0.6 is 0 Å². The summed E-state index contributed by atoms with van der Waals surface area (Å²) >= 11 is 0. The van der Waals surface area contributed by atoms with Gasteiger partial charge in [0.2, 0.25) is 0 Å². The van der Waals surface area contributed by atoms with E-state index in [1.165, 1.54) is 25.7 Å². The second-order valence-corrected chi connectivity index (χ2v) is 4.71. The minimum absolute atomic E-state index is 0.676. The predicted octanol–water partition coefficient (Wildman–Crippen LogP) is 1.53. The van der Waals surface area contributed by atoms with Crippen LogP contribution in [0.5, 0.6) is 0 Å². The van der Waals surface area contributed by atoms with Crippen molar-refractivity contribution >= 4 is 0 Å². The van der Waals surface area contributed by atoms with Gasteiger partial charge >= 0.3 is 0 Å². The van der Waals surface area contributed by atoms with Crippen molar-refractivity contribution in [3.8, 4) is 0 Å². The first-order valence-corrected chi connectivity index (χ1v) is 6.37. The van der Waals surface area contributed by atoms with Gasteiger partial charge in [0, 0.05) is 19.5 Å². The van der Waals surface area contributed by atoms with Crippen molar-refractivity contribution in [2.75, 3.05) is 6.54 Å². The van der Waals surface area contributed by atoms with E-state index in [2.05, 4.69) is 22.3 Å². The maximum Gasteiger partial charge on any atom is 0.138 e. The standard InChI is InChI=1S/C12H22N4/c1-3-13-11-7-5-4-6-10(11)8-12-14-9-15-16(12)2/h9-11,13H,3-8H2,1-2H3. The number of nitrogens with zero attached hydrogens (tertiary/aromatic N) is 3. The zero-order chi connectivity index (χ0) is 11.4. The third-order valence-corrected chi connectivity index (χ3v) is 3.63. The van der Waals surface area contributed by atoms with Gasteiger partial charge in [0.05, 0.1) is 0 Å². The summed E-state index contributed by atoms with van der Waals surface area (Å²) in [6.45, 7) is 3.26. The van der Waals surface area contributed by atoms with Gasteiger partial charge in [-0.3, -0.25) is 4.68 Å². The van der Waals surface area contributed by atoms with Gasteiger partial charge in [0.1, 0.15) is 12.2 Å². The van der Waals surface area contributed by atoms with Crippen LogP contribution in [-0.2, 0) is 13.5 Å². The van der Waals surface area contributed by atoms with Crippen molar-refractivity contribution < 1.29 is 0 Å². The molecule has 1 aliphatic carbocycles. The molecule has 1 saturated carbocycles. The third-order valence-electron chi connectivity index (χ3n) is 3.63. The Morgan fingerprint density at radius 1 is 1.44 bits per heavy atom. The molecule has 1 N–H and O–H groups in total. The van der Waals surface area contributed by atoms with E-state index in [0.717, 1.165) is 24.7 Å². The number of rotatable bonds is 4. The average Bonchev–Trinajstić information content (AvgIpc) is 2.68. The molecule has 1 aromatic rings. The summed E-state index contributed by atoms with van der Waals surface area (Å²) < 4.78 is 1.90. The van der Waals surface area contributed by atoms with Crippen molar-refractivity contribution in [1.82, 2.24) is 20.1 Å². The van der Waals surface area contributed by atoms with Crippen LogP contribution in [0.15, 0.2) is 6.33 Å². The maximum atomic E-state index is 4.33. The Hall–Kier alpha value is -0.900. The Labute approximate surface area is 97.5 Å². The molecule has 4 nitrogen and oxygen atoms in total.